The minimum absolute atomic E-state index is 0.208. The summed E-state index contributed by atoms with van der Waals surface area (Å²) in [5, 5.41) is 5.06. The number of carbonyl (C=O) groups excluding carboxylic acids is 4. The van der Waals surface area contributed by atoms with E-state index in [9.17, 15) is 19.2 Å². The van der Waals surface area contributed by atoms with Gasteiger partial charge in [0.25, 0.3) is 0 Å². The van der Waals surface area contributed by atoms with Gasteiger partial charge < -0.3 is 25.0 Å². The van der Waals surface area contributed by atoms with E-state index >= 15 is 0 Å². The minimum atomic E-state index is -1.09. The first kappa shape index (κ1) is 25.7. The predicted octanol–water partition coefficient (Wildman–Crippen LogP) is 1.90. The molecule has 33 heavy (non-hydrogen) atoms. The van der Waals surface area contributed by atoms with Crippen molar-refractivity contribution < 1.29 is 28.7 Å². The second-order valence-electron chi connectivity index (χ2n) is 8.77. The van der Waals surface area contributed by atoms with Gasteiger partial charge in [-0.3, -0.25) is 14.4 Å². The summed E-state index contributed by atoms with van der Waals surface area (Å²) in [6.45, 7) is 6.32. The quantitative estimate of drug-likeness (QED) is 0.455. The molecule has 1 aromatic rings. The van der Waals surface area contributed by atoms with Crippen LogP contribution in [0.2, 0.25) is 0 Å². The number of ether oxygens (including phenoxy) is 2. The molecule has 178 valence electrons. The van der Waals surface area contributed by atoms with Crippen LogP contribution >= 0.6 is 0 Å². The average Bonchev–Trinajstić information content (AvgIpc) is 3.58. The standard InChI is InChI=1S/C24H31N3O6/c1-7-16-10-8-9-11-18(16)20(21(29)25-14-19(28)32-6)27(17-12-13-17)22(30)15(2)26-23(31)33-24(3,4)5/h1,8-11,15,17,20H,12-14H2,2-6H3,(H,25,29)(H,26,31). The molecule has 0 aliphatic heterocycles. The molecule has 0 radical (unpaired) electrons. The molecule has 2 unspecified atom stereocenters. The molecular formula is C24H31N3O6. The maximum Gasteiger partial charge on any atom is 0.408 e. The van der Waals surface area contributed by atoms with Gasteiger partial charge in [0.05, 0.1) is 7.11 Å². The van der Waals surface area contributed by atoms with Crippen LogP contribution in [-0.2, 0) is 23.9 Å². The first-order valence-electron chi connectivity index (χ1n) is 10.7. The first-order valence-corrected chi connectivity index (χ1v) is 10.7. The van der Waals surface area contributed by atoms with Gasteiger partial charge in [0.1, 0.15) is 24.2 Å². The number of rotatable bonds is 8. The summed E-state index contributed by atoms with van der Waals surface area (Å²) >= 11 is 0. The van der Waals surface area contributed by atoms with E-state index in [2.05, 4.69) is 21.3 Å². The zero-order valence-corrected chi connectivity index (χ0v) is 19.6. The van der Waals surface area contributed by atoms with Gasteiger partial charge in [0, 0.05) is 11.6 Å². The average molecular weight is 458 g/mol. The lowest BCUT2D eigenvalue weighted by atomic mass is 9.97. The minimum Gasteiger partial charge on any atom is -0.468 e. The Hall–Kier alpha value is -3.54. The summed E-state index contributed by atoms with van der Waals surface area (Å²) in [6, 6.07) is 4.53. The number of terminal acetylenes is 1. The molecule has 1 aliphatic carbocycles. The lowest BCUT2D eigenvalue weighted by Crippen LogP contribution is -2.53. The van der Waals surface area contributed by atoms with Crippen LogP contribution in [0.3, 0.4) is 0 Å². The maximum atomic E-state index is 13.5. The number of methoxy groups -OCH3 is 1. The summed E-state index contributed by atoms with van der Waals surface area (Å²) in [5.41, 5.74) is 0.166. The van der Waals surface area contributed by atoms with Crippen molar-refractivity contribution in [2.75, 3.05) is 13.7 Å². The number of amides is 3. The molecule has 0 bridgehead atoms. The Balaban J connectivity index is 2.37. The van der Waals surface area contributed by atoms with Gasteiger partial charge >= 0.3 is 12.1 Å². The molecule has 0 spiro atoms. The summed E-state index contributed by atoms with van der Waals surface area (Å²) in [6.07, 6.45) is 6.31. The van der Waals surface area contributed by atoms with Gasteiger partial charge in [-0.2, -0.15) is 0 Å². The Morgan fingerprint density at radius 3 is 2.39 bits per heavy atom. The van der Waals surface area contributed by atoms with E-state index in [4.69, 9.17) is 11.2 Å². The first-order chi connectivity index (χ1) is 15.5. The third kappa shape index (κ3) is 7.24. The van der Waals surface area contributed by atoms with Crippen molar-refractivity contribution in [2.45, 2.75) is 64.3 Å². The SMILES string of the molecule is C#Cc1ccccc1C(C(=O)NCC(=O)OC)N(C(=O)C(C)NC(=O)OC(C)(C)C)C1CC1. The molecule has 2 atom stereocenters. The summed E-state index contributed by atoms with van der Waals surface area (Å²) in [5.74, 6) is 0.879. The predicted molar refractivity (Wildman–Crippen MR) is 121 cm³/mol. The topological polar surface area (TPSA) is 114 Å². The van der Waals surface area contributed by atoms with Crippen LogP contribution in [-0.4, -0.2) is 60.1 Å². The van der Waals surface area contributed by atoms with E-state index in [1.807, 2.05) is 0 Å². The molecular weight excluding hydrogens is 426 g/mol. The fraction of sp³-hybridized carbons (Fsp3) is 0.500. The van der Waals surface area contributed by atoms with Crippen molar-refractivity contribution >= 4 is 23.9 Å². The number of nitrogens with one attached hydrogen (secondary N) is 2. The van der Waals surface area contributed by atoms with Crippen molar-refractivity contribution in [3.63, 3.8) is 0 Å². The van der Waals surface area contributed by atoms with Crippen molar-refractivity contribution in [1.29, 1.82) is 0 Å². The Kier molecular flexibility index (Phi) is 8.46. The highest BCUT2D eigenvalue weighted by molar-refractivity contribution is 5.93. The number of carbonyl (C=O) groups is 4. The molecule has 3 amide bonds. The number of benzene rings is 1. The van der Waals surface area contributed by atoms with Gasteiger partial charge in [0.2, 0.25) is 11.8 Å². The zero-order chi connectivity index (χ0) is 24.8. The van der Waals surface area contributed by atoms with Crippen molar-refractivity contribution in [2.24, 2.45) is 0 Å². The Morgan fingerprint density at radius 2 is 1.85 bits per heavy atom. The molecule has 1 aromatic carbocycles. The molecule has 0 saturated heterocycles. The fourth-order valence-corrected chi connectivity index (χ4v) is 3.25. The molecule has 0 aromatic heterocycles. The van der Waals surface area contributed by atoms with Gasteiger partial charge in [-0.15, -0.1) is 6.42 Å². The number of hydrogen-bond acceptors (Lipinski definition) is 6. The lowest BCUT2D eigenvalue weighted by molar-refractivity contribution is -0.145. The molecule has 2 N–H and O–H groups in total. The van der Waals surface area contributed by atoms with Gasteiger partial charge in [-0.1, -0.05) is 24.1 Å². The van der Waals surface area contributed by atoms with E-state index in [-0.39, 0.29) is 12.6 Å². The number of hydrogen-bond donors (Lipinski definition) is 2. The zero-order valence-electron chi connectivity index (χ0n) is 19.6. The molecule has 0 heterocycles. The normalized spacial score (nSPS) is 14.8. The third-order valence-corrected chi connectivity index (χ3v) is 4.87. The van der Waals surface area contributed by atoms with E-state index in [0.717, 1.165) is 0 Å². The highest BCUT2D eigenvalue weighted by atomic mass is 16.6. The lowest BCUT2D eigenvalue weighted by Gasteiger charge is -2.34. The smallest absolute Gasteiger partial charge is 0.408 e. The van der Waals surface area contributed by atoms with Crippen molar-refractivity contribution in [1.82, 2.24) is 15.5 Å². The van der Waals surface area contributed by atoms with Crippen molar-refractivity contribution in [3.05, 3.63) is 35.4 Å². The summed E-state index contributed by atoms with van der Waals surface area (Å²) in [4.78, 5) is 51.9. The number of alkyl carbamates (subject to hydrolysis) is 1. The molecule has 1 aliphatic rings. The monoisotopic (exact) mass is 457 g/mol. The number of nitrogens with zero attached hydrogens (tertiary/aromatic N) is 1. The van der Waals surface area contributed by atoms with Crippen LogP contribution < -0.4 is 10.6 Å². The largest absolute Gasteiger partial charge is 0.468 e. The molecule has 1 fully saturated rings. The highest BCUT2D eigenvalue weighted by Gasteiger charge is 2.43. The Labute approximate surface area is 194 Å². The van der Waals surface area contributed by atoms with E-state index < -0.39 is 41.6 Å². The maximum absolute atomic E-state index is 13.5. The van der Waals surface area contributed by atoms with E-state index in [1.165, 1.54) is 18.9 Å². The van der Waals surface area contributed by atoms with Crippen molar-refractivity contribution in [3.8, 4) is 12.3 Å². The summed E-state index contributed by atoms with van der Waals surface area (Å²) in [7, 11) is 1.21. The molecule has 9 heteroatoms. The Morgan fingerprint density at radius 1 is 1.21 bits per heavy atom. The van der Waals surface area contributed by atoms with Crippen LogP contribution in [0.1, 0.15) is 57.7 Å². The van der Waals surface area contributed by atoms with Gasteiger partial charge in [0.15, 0.2) is 0 Å². The van der Waals surface area contributed by atoms with Crippen LogP contribution in [0.5, 0.6) is 0 Å². The summed E-state index contributed by atoms with van der Waals surface area (Å²) < 4.78 is 9.84. The van der Waals surface area contributed by atoms with Crippen LogP contribution in [0.4, 0.5) is 4.79 Å². The highest BCUT2D eigenvalue weighted by Crippen LogP contribution is 2.36. The van der Waals surface area contributed by atoms with Gasteiger partial charge in [-0.25, -0.2) is 4.79 Å². The molecule has 2 rings (SSSR count). The van der Waals surface area contributed by atoms with E-state index in [0.29, 0.717) is 24.0 Å². The number of esters is 1. The molecule has 1 saturated carbocycles. The van der Waals surface area contributed by atoms with Gasteiger partial charge in [-0.05, 0) is 52.2 Å². The Bertz CT molecular complexity index is 942. The molecule has 9 nitrogen and oxygen atoms in total. The third-order valence-electron chi connectivity index (χ3n) is 4.87. The van der Waals surface area contributed by atoms with E-state index in [1.54, 1.807) is 45.0 Å². The van der Waals surface area contributed by atoms with Crippen LogP contribution in [0, 0.1) is 12.3 Å². The van der Waals surface area contributed by atoms with Crippen LogP contribution in [0.25, 0.3) is 0 Å². The second kappa shape index (κ2) is 10.9. The van der Waals surface area contributed by atoms with Crippen LogP contribution in [0.15, 0.2) is 24.3 Å². The second-order valence-corrected chi connectivity index (χ2v) is 8.77. The fourth-order valence-electron chi connectivity index (χ4n) is 3.25.